The summed E-state index contributed by atoms with van der Waals surface area (Å²) in [6, 6.07) is 17.4. The number of fused-ring (bicyclic) bond motifs is 1. The number of hydrazone groups is 1. The fraction of sp³-hybridized carbons (Fsp3) is 0.0833. The zero-order chi connectivity index (χ0) is 24.1. The molecular weight excluding hydrogens is 461 g/mol. The number of methoxy groups -OCH3 is 1. The van der Waals surface area contributed by atoms with Gasteiger partial charge in [-0.2, -0.15) is 5.10 Å². The lowest BCUT2D eigenvalue weighted by Crippen LogP contribution is -2.16. The summed E-state index contributed by atoms with van der Waals surface area (Å²) in [6.45, 7) is 0.0465. The van der Waals surface area contributed by atoms with Gasteiger partial charge in [-0.1, -0.05) is 18.2 Å². The molecule has 0 spiro atoms. The number of non-ortho nitro benzene ring substituents is 1. The van der Waals surface area contributed by atoms with Crippen LogP contribution in [0.2, 0.25) is 0 Å². The summed E-state index contributed by atoms with van der Waals surface area (Å²) in [5, 5.41) is 15.5. The lowest BCUT2D eigenvalue weighted by molar-refractivity contribution is -0.384. The number of hydrogen-bond acceptors (Lipinski definition) is 7. The van der Waals surface area contributed by atoms with E-state index < -0.39 is 10.8 Å². The average molecular weight is 479 g/mol. The number of ether oxygens (including phenoxy) is 2. The molecule has 10 heteroatoms. The Morgan fingerprint density at radius 1 is 1.15 bits per heavy atom. The first-order valence-electron chi connectivity index (χ1n) is 10.0. The van der Waals surface area contributed by atoms with E-state index in [1.165, 1.54) is 42.9 Å². The van der Waals surface area contributed by atoms with Crippen molar-refractivity contribution in [1.82, 2.24) is 5.43 Å². The Labute approximate surface area is 197 Å². The molecule has 0 atom stereocenters. The molecule has 8 nitrogen and oxygen atoms in total. The van der Waals surface area contributed by atoms with Gasteiger partial charge in [-0.15, -0.1) is 11.3 Å². The molecule has 1 aromatic heterocycles. The Balaban J connectivity index is 1.41. The van der Waals surface area contributed by atoms with E-state index >= 15 is 0 Å². The van der Waals surface area contributed by atoms with Gasteiger partial charge in [-0.25, -0.2) is 9.82 Å². The SMILES string of the molecule is COc1cc(C=NNC(=O)c2cc3cc([N+](=O)[O-])ccc3s2)ccc1OCc1ccccc1F. The fourth-order valence-corrected chi connectivity index (χ4v) is 4.06. The number of nitro benzene ring substituents is 1. The van der Waals surface area contributed by atoms with Crippen molar-refractivity contribution in [3.63, 3.8) is 0 Å². The quantitative estimate of drug-likeness (QED) is 0.210. The van der Waals surface area contributed by atoms with Crippen LogP contribution in [-0.4, -0.2) is 24.2 Å². The van der Waals surface area contributed by atoms with Crippen LogP contribution in [0.25, 0.3) is 10.1 Å². The standard InChI is InChI=1S/C24H18FN3O5S/c1-32-21-10-15(6-8-20(21)33-14-16-4-2-3-5-19(16)25)13-26-27-24(29)23-12-17-11-18(28(30)31)7-9-22(17)34-23/h2-13H,14H2,1H3,(H,27,29). The number of carbonyl (C=O) groups excluding carboxylic acids is 1. The highest BCUT2D eigenvalue weighted by Crippen LogP contribution is 2.30. The van der Waals surface area contributed by atoms with Crippen LogP contribution in [0.5, 0.6) is 11.5 Å². The highest BCUT2D eigenvalue weighted by atomic mass is 32.1. The molecule has 0 unspecified atom stereocenters. The zero-order valence-corrected chi connectivity index (χ0v) is 18.7. The average Bonchev–Trinajstić information content (AvgIpc) is 3.27. The molecule has 1 N–H and O–H groups in total. The van der Waals surface area contributed by atoms with Crippen LogP contribution in [0.3, 0.4) is 0 Å². The lowest BCUT2D eigenvalue weighted by atomic mass is 10.2. The van der Waals surface area contributed by atoms with Crippen molar-refractivity contribution in [3.8, 4) is 11.5 Å². The van der Waals surface area contributed by atoms with E-state index in [0.717, 1.165) is 4.70 Å². The molecule has 4 aromatic rings. The number of thiophene rings is 1. The van der Waals surface area contributed by atoms with Crippen LogP contribution >= 0.6 is 11.3 Å². The molecule has 1 heterocycles. The minimum absolute atomic E-state index is 0.0365. The summed E-state index contributed by atoms with van der Waals surface area (Å²) in [4.78, 5) is 23.2. The van der Waals surface area contributed by atoms with E-state index in [1.54, 1.807) is 48.5 Å². The maximum Gasteiger partial charge on any atom is 0.281 e. The van der Waals surface area contributed by atoms with Crippen molar-refractivity contribution >= 4 is 39.2 Å². The first-order valence-corrected chi connectivity index (χ1v) is 10.8. The Morgan fingerprint density at radius 3 is 2.74 bits per heavy atom. The van der Waals surface area contributed by atoms with Crippen LogP contribution in [0.4, 0.5) is 10.1 Å². The maximum atomic E-state index is 13.8. The van der Waals surface area contributed by atoms with Gasteiger partial charge in [0.25, 0.3) is 11.6 Å². The topological polar surface area (TPSA) is 103 Å². The van der Waals surface area contributed by atoms with Crippen molar-refractivity contribution in [2.75, 3.05) is 7.11 Å². The molecule has 0 bridgehead atoms. The number of amides is 1. The van der Waals surface area contributed by atoms with Crippen LogP contribution in [-0.2, 0) is 6.61 Å². The Bertz CT molecular complexity index is 1400. The maximum absolute atomic E-state index is 13.8. The lowest BCUT2D eigenvalue weighted by Gasteiger charge is -2.11. The van der Waals surface area contributed by atoms with Crippen LogP contribution < -0.4 is 14.9 Å². The minimum Gasteiger partial charge on any atom is -0.493 e. The predicted octanol–water partition coefficient (Wildman–Crippen LogP) is 5.30. The Hall–Kier alpha value is -4.31. The van der Waals surface area contributed by atoms with Crippen molar-refractivity contribution in [2.24, 2.45) is 5.10 Å². The molecule has 3 aromatic carbocycles. The highest BCUT2D eigenvalue weighted by molar-refractivity contribution is 7.20. The third-order valence-corrected chi connectivity index (χ3v) is 5.96. The number of rotatable bonds is 8. The third-order valence-electron chi connectivity index (χ3n) is 4.84. The van der Waals surface area contributed by atoms with E-state index in [0.29, 0.717) is 32.9 Å². The molecule has 1 amide bonds. The van der Waals surface area contributed by atoms with Gasteiger partial charge >= 0.3 is 0 Å². The van der Waals surface area contributed by atoms with Gasteiger partial charge in [0.1, 0.15) is 12.4 Å². The van der Waals surface area contributed by atoms with E-state index in [1.807, 2.05) is 0 Å². The van der Waals surface area contributed by atoms with Gasteiger partial charge in [0.15, 0.2) is 11.5 Å². The number of nitro groups is 1. The summed E-state index contributed by atoms with van der Waals surface area (Å²) in [6.07, 6.45) is 1.44. The van der Waals surface area contributed by atoms with E-state index in [4.69, 9.17) is 9.47 Å². The summed E-state index contributed by atoms with van der Waals surface area (Å²) in [5.41, 5.74) is 3.47. The minimum atomic E-state index is -0.480. The summed E-state index contributed by atoms with van der Waals surface area (Å²) < 4.78 is 25.6. The normalized spacial score (nSPS) is 11.0. The Morgan fingerprint density at radius 2 is 1.97 bits per heavy atom. The van der Waals surface area contributed by atoms with Crippen molar-refractivity contribution in [1.29, 1.82) is 0 Å². The second-order valence-electron chi connectivity index (χ2n) is 7.08. The van der Waals surface area contributed by atoms with E-state index in [2.05, 4.69) is 10.5 Å². The molecule has 0 saturated carbocycles. The van der Waals surface area contributed by atoms with Crippen molar-refractivity contribution in [3.05, 3.63) is 98.7 Å². The molecule has 0 fully saturated rings. The Kier molecular flexibility index (Phi) is 6.79. The molecule has 34 heavy (non-hydrogen) atoms. The molecule has 4 rings (SSSR count). The molecular formula is C24H18FN3O5S. The molecule has 0 aliphatic carbocycles. The number of carbonyl (C=O) groups is 1. The van der Waals surface area contributed by atoms with Crippen LogP contribution in [0, 0.1) is 15.9 Å². The predicted molar refractivity (Wildman–Crippen MR) is 127 cm³/mol. The second-order valence-corrected chi connectivity index (χ2v) is 8.16. The number of benzene rings is 3. The van der Waals surface area contributed by atoms with Gasteiger partial charge in [0.2, 0.25) is 0 Å². The van der Waals surface area contributed by atoms with Gasteiger partial charge < -0.3 is 9.47 Å². The molecule has 172 valence electrons. The molecule has 0 aliphatic heterocycles. The van der Waals surface area contributed by atoms with Crippen LogP contribution in [0.15, 0.2) is 71.8 Å². The van der Waals surface area contributed by atoms with Gasteiger partial charge in [0.05, 0.1) is 23.1 Å². The summed E-state index contributed by atoms with van der Waals surface area (Å²) >= 11 is 1.21. The first kappa shape index (κ1) is 22.9. The molecule has 0 saturated heterocycles. The first-order chi connectivity index (χ1) is 16.4. The highest BCUT2D eigenvalue weighted by Gasteiger charge is 2.13. The van der Waals surface area contributed by atoms with Gasteiger partial charge in [0, 0.05) is 27.8 Å². The second kappa shape index (κ2) is 10.1. The van der Waals surface area contributed by atoms with Crippen molar-refractivity contribution < 1.29 is 23.6 Å². The van der Waals surface area contributed by atoms with Gasteiger partial charge in [-0.05, 0) is 42.0 Å². The summed E-state index contributed by atoms with van der Waals surface area (Å²) in [5.74, 6) is 0.0822. The number of hydrogen-bond donors (Lipinski definition) is 1. The van der Waals surface area contributed by atoms with Crippen LogP contribution in [0.1, 0.15) is 20.8 Å². The summed E-state index contributed by atoms with van der Waals surface area (Å²) in [7, 11) is 1.49. The number of nitrogens with one attached hydrogen (secondary N) is 1. The van der Waals surface area contributed by atoms with E-state index in [-0.39, 0.29) is 18.1 Å². The fourth-order valence-electron chi connectivity index (χ4n) is 3.13. The van der Waals surface area contributed by atoms with E-state index in [9.17, 15) is 19.3 Å². The monoisotopic (exact) mass is 479 g/mol. The zero-order valence-electron chi connectivity index (χ0n) is 17.9. The smallest absolute Gasteiger partial charge is 0.281 e. The largest absolute Gasteiger partial charge is 0.493 e. The number of halogens is 1. The molecule has 0 aliphatic rings. The molecule has 0 radical (unpaired) electrons. The van der Waals surface area contributed by atoms with Crippen molar-refractivity contribution in [2.45, 2.75) is 6.61 Å². The third kappa shape index (κ3) is 5.18. The van der Waals surface area contributed by atoms with Gasteiger partial charge in [-0.3, -0.25) is 14.9 Å². The number of nitrogens with zero attached hydrogens (tertiary/aromatic N) is 2.